The van der Waals surface area contributed by atoms with Crippen LogP contribution in [0.4, 0.5) is 11.5 Å². The minimum absolute atomic E-state index is 0.113. The van der Waals surface area contributed by atoms with E-state index in [0.29, 0.717) is 13.0 Å². The van der Waals surface area contributed by atoms with Crippen LogP contribution in [0.3, 0.4) is 0 Å². The van der Waals surface area contributed by atoms with Crippen molar-refractivity contribution in [3.05, 3.63) is 28.4 Å². The van der Waals surface area contributed by atoms with Gasteiger partial charge in [-0.25, -0.2) is 10.3 Å². The molecule has 0 radical (unpaired) electrons. The number of amides is 1. The van der Waals surface area contributed by atoms with Crippen LogP contribution in [0.1, 0.15) is 51.4 Å². The number of unbranched alkanes of at least 4 members (excludes halogenated alkanes) is 3. The van der Waals surface area contributed by atoms with Gasteiger partial charge in [0.1, 0.15) is 0 Å². The van der Waals surface area contributed by atoms with Gasteiger partial charge in [-0.2, -0.15) is 0 Å². The predicted octanol–water partition coefficient (Wildman–Crippen LogP) is 2.95. The number of nitrogens with zero attached hydrogens (tertiary/aromatic N) is 3. The minimum Gasteiger partial charge on any atom is -0.372 e. The van der Waals surface area contributed by atoms with Crippen molar-refractivity contribution in [3.8, 4) is 0 Å². The highest BCUT2D eigenvalue weighted by Gasteiger charge is 2.15. The van der Waals surface area contributed by atoms with E-state index in [4.69, 9.17) is 9.57 Å². The summed E-state index contributed by atoms with van der Waals surface area (Å²) in [6.07, 6.45) is 8.31. The number of ether oxygens (including phenoxy) is 1. The lowest BCUT2D eigenvalue weighted by Crippen LogP contribution is -2.32. The summed E-state index contributed by atoms with van der Waals surface area (Å²) in [7, 11) is 1.93. The Kier molecular flexibility index (Phi) is 8.93. The number of anilines is 1. The average Bonchev–Trinajstić information content (AvgIpc) is 2.69. The summed E-state index contributed by atoms with van der Waals surface area (Å²) in [6, 6.07) is 3.11. The molecule has 1 aliphatic heterocycles. The van der Waals surface area contributed by atoms with Gasteiger partial charge in [0, 0.05) is 39.1 Å². The van der Waals surface area contributed by atoms with Crippen LogP contribution >= 0.6 is 0 Å². The Hall–Kier alpha value is -2.26. The van der Waals surface area contributed by atoms with Gasteiger partial charge in [0.15, 0.2) is 12.5 Å². The number of hydroxylamine groups is 1. The van der Waals surface area contributed by atoms with Gasteiger partial charge in [-0.15, -0.1) is 0 Å². The maximum atomic E-state index is 11.7. The quantitative estimate of drug-likeness (QED) is 0.357. The lowest BCUT2D eigenvalue weighted by Gasteiger charge is -2.22. The number of nitro groups is 1. The van der Waals surface area contributed by atoms with Crippen LogP contribution in [0.15, 0.2) is 18.3 Å². The van der Waals surface area contributed by atoms with Gasteiger partial charge < -0.3 is 19.8 Å². The van der Waals surface area contributed by atoms with Crippen molar-refractivity contribution in [3.63, 3.8) is 0 Å². The number of hydrogen-bond donors (Lipinski definition) is 1. The van der Waals surface area contributed by atoms with Crippen LogP contribution in [0.25, 0.3) is 0 Å². The summed E-state index contributed by atoms with van der Waals surface area (Å²) in [5.74, 6) is -0.261. The second-order valence-electron chi connectivity index (χ2n) is 6.66. The summed E-state index contributed by atoms with van der Waals surface area (Å²) in [4.78, 5) is 32.9. The Morgan fingerprint density at radius 2 is 2.19 bits per heavy atom. The fourth-order valence-electron chi connectivity index (χ4n) is 2.82. The van der Waals surface area contributed by atoms with Crippen LogP contribution in [0.5, 0.6) is 0 Å². The fraction of sp³-hybridized carbons (Fsp3) is 0.667. The van der Waals surface area contributed by atoms with Gasteiger partial charge in [0.25, 0.3) is 0 Å². The molecule has 27 heavy (non-hydrogen) atoms. The third-order valence-corrected chi connectivity index (χ3v) is 4.45. The van der Waals surface area contributed by atoms with Crippen LogP contribution < -0.4 is 10.4 Å². The molecule has 9 heteroatoms. The largest absolute Gasteiger partial charge is 0.372 e. The molecule has 1 fully saturated rings. The molecule has 2 heterocycles. The monoisotopic (exact) mass is 380 g/mol. The van der Waals surface area contributed by atoms with Gasteiger partial charge in [0.05, 0.1) is 5.69 Å². The van der Waals surface area contributed by atoms with Crippen molar-refractivity contribution in [2.24, 2.45) is 0 Å². The summed E-state index contributed by atoms with van der Waals surface area (Å²) in [5, 5.41) is 10.6. The molecule has 2 rings (SSSR count). The van der Waals surface area contributed by atoms with Crippen LogP contribution in [-0.4, -0.2) is 42.3 Å². The van der Waals surface area contributed by atoms with Crippen LogP contribution in [0.2, 0.25) is 0 Å². The molecule has 1 amide bonds. The summed E-state index contributed by atoms with van der Waals surface area (Å²) in [6.45, 7) is 1.51. The molecular formula is C18H28N4O5. The number of carbonyl (C=O) groups excluding carboxylic acids is 1. The van der Waals surface area contributed by atoms with Crippen molar-refractivity contribution >= 4 is 17.4 Å². The van der Waals surface area contributed by atoms with E-state index in [1.165, 1.54) is 12.3 Å². The van der Waals surface area contributed by atoms with E-state index in [2.05, 4.69) is 10.5 Å². The molecule has 0 aliphatic carbocycles. The maximum absolute atomic E-state index is 11.7. The third kappa shape index (κ3) is 7.88. The number of pyridine rings is 1. The Morgan fingerprint density at radius 3 is 2.85 bits per heavy atom. The van der Waals surface area contributed by atoms with E-state index in [9.17, 15) is 14.9 Å². The van der Waals surface area contributed by atoms with Crippen molar-refractivity contribution in [1.29, 1.82) is 0 Å². The SMILES string of the molecule is CN(CCCCCCC(=O)NOC1CCCCO1)c1ccc([N+](=O)[O-])nc1. The van der Waals surface area contributed by atoms with Crippen molar-refractivity contribution < 1.29 is 19.3 Å². The molecule has 1 aliphatic rings. The topological polar surface area (TPSA) is 107 Å². The molecule has 1 aromatic heterocycles. The van der Waals surface area contributed by atoms with Gasteiger partial charge in [-0.1, -0.05) is 12.8 Å². The molecule has 9 nitrogen and oxygen atoms in total. The molecule has 0 saturated carbocycles. The zero-order chi connectivity index (χ0) is 19.5. The smallest absolute Gasteiger partial charge is 0.363 e. The number of carbonyl (C=O) groups is 1. The molecule has 150 valence electrons. The average molecular weight is 380 g/mol. The summed E-state index contributed by atoms with van der Waals surface area (Å²) < 4.78 is 5.38. The number of hydrogen-bond acceptors (Lipinski definition) is 7. The van der Waals surface area contributed by atoms with Gasteiger partial charge in [-0.3, -0.25) is 4.79 Å². The van der Waals surface area contributed by atoms with E-state index in [-0.39, 0.29) is 18.0 Å². The van der Waals surface area contributed by atoms with E-state index >= 15 is 0 Å². The Bertz CT molecular complexity index is 590. The Labute approximate surface area is 159 Å². The van der Waals surface area contributed by atoms with Crippen LogP contribution in [0, 0.1) is 10.1 Å². The predicted molar refractivity (Wildman–Crippen MR) is 100 cm³/mol. The first-order valence-electron chi connectivity index (χ1n) is 9.44. The normalized spacial score (nSPS) is 16.7. The molecule has 0 bridgehead atoms. The van der Waals surface area contributed by atoms with Crippen molar-refractivity contribution in [1.82, 2.24) is 10.5 Å². The summed E-state index contributed by atoms with van der Waals surface area (Å²) in [5.41, 5.74) is 3.32. The highest BCUT2D eigenvalue weighted by molar-refractivity contribution is 5.74. The first-order valence-corrected chi connectivity index (χ1v) is 9.44. The Morgan fingerprint density at radius 1 is 1.37 bits per heavy atom. The molecule has 0 spiro atoms. The number of aromatic nitrogens is 1. The molecule has 1 unspecified atom stereocenters. The molecule has 1 saturated heterocycles. The standard InChI is InChI=1S/C18H28N4O5/c1-21(15-10-11-16(19-14-15)22(24)25)12-6-3-2-4-8-17(23)20-27-18-9-5-7-13-26-18/h10-11,14,18H,2-9,12-13H2,1H3,(H,20,23). The van der Waals surface area contributed by atoms with Gasteiger partial charge >= 0.3 is 5.82 Å². The van der Waals surface area contributed by atoms with Gasteiger partial charge in [-0.05, 0) is 41.7 Å². The Balaban J connectivity index is 1.51. The number of rotatable bonds is 11. The van der Waals surface area contributed by atoms with Crippen LogP contribution in [-0.2, 0) is 14.4 Å². The molecule has 1 N–H and O–H groups in total. The second-order valence-corrected chi connectivity index (χ2v) is 6.66. The van der Waals surface area contributed by atoms with E-state index < -0.39 is 4.92 Å². The zero-order valence-corrected chi connectivity index (χ0v) is 15.8. The number of nitrogens with one attached hydrogen (secondary N) is 1. The first kappa shape index (κ1) is 21.0. The van der Waals surface area contributed by atoms with E-state index in [1.807, 2.05) is 11.9 Å². The zero-order valence-electron chi connectivity index (χ0n) is 15.8. The first-order chi connectivity index (χ1) is 13.1. The second kappa shape index (κ2) is 11.5. The highest BCUT2D eigenvalue weighted by Crippen LogP contribution is 2.16. The van der Waals surface area contributed by atoms with Gasteiger partial charge in [0.2, 0.25) is 5.91 Å². The van der Waals surface area contributed by atoms with Crippen molar-refractivity contribution in [2.75, 3.05) is 25.1 Å². The fourth-order valence-corrected chi connectivity index (χ4v) is 2.82. The summed E-state index contributed by atoms with van der Waals surface area (Å²) >= 11 is 0. The lowest BCUT2D eigenvalue weighted by atomic mass is 10.1. The van der Waals surface area contributed by atoms with Crippen molar-refractivity contribution in [2.45, 2.75) is 57.7 Å². The van der Waals surface area contributed by atoms with E-state index in [1.54, 1.807) is 6.07 Å². The molecular weight excluding hydrogens is 352 g/mol. The molecule has 1 atom stereocenters. The van der Waals surface area contributed by atoms with E-state index in [0.717, 1.165) is 57.2 Å². The third-order valence-electron chi connectivity index (χ3n) is 4.45. The molecule has 1 aromatic rings. The lowest BCUT2D eigenvalue weighted by molar-refractivity contribution is -0.389. The minimum atomic E-state index is -0.507. The highest BCUT2D eigenvalue weighted by atomic mass is 16.8. The molecule has 0 aromatic carbocycles. The maximum Gasteiger partial charge on any atom is 0.363 e.